The third-order valence-electron chi connectivity index (χ3n) is 1.99. The van der Waals surface area contributed by atoms with Crippen molar-refractivity contribution in [1.29, 1.82) is 0 Å². The van der Waals surface area contributed by atoms with E-state index in [0.717, 1.165) is 18.8 Å². The first-order valence-electron chi connectivity index (χ1n) is 5.15. The van der Waals surface area contributed by atoms with Gasteiger partial charge in [-0.15, -0.1) is 0 Å². The molecule has 0 saturated heterocycles. The fourth-order valence-electron chi connectivity index (χ4n) is 1.25. The summed E-state index contributed by atoms with van der Waals surface area (Å²) in [6, 6.07) is -0.0755. The number of rotatable bonds is 6. The van der Waals surface area contributed by atoms with Gasteiger partial charge in [0.2, 0.25) is 0 Å². The summed E-state index contributed by atoms with van der Waals surface area (Å²) in [7, 11) is 1.42. The van der Waals surface area contributed by atoms with Crippen LogP contribution < -0.4 is 10.8 Å². The van der Waals surface area contributed by atoms with Gasteiger partial charge in [-0.3, -0.25) is 4.84 Å². The quantitative estimate of drug-likeness (QED) is 0.648. The molecule has 0 saturated carbocycles. The Kier molecular flexibility index (Phi) is 7.20. The molecule has 2 amide bonds. The molecule has 0 aliphatic carbocycles. The third kappa shape index (κ3) is 7.86. The molecule has 0 aromatic rings. The predicted octanol–water partition coefficient (Wildman–Crippen LogP) is 2.06. The first-order chi connectivity index (χ1) is 6.56. The Morgan fingerprint density at radius 3 is 2.43 bits per heavy atom. The Balaban J connectivity index is 3.44. The molecule has 84 valence electrons. The minimum atomic E-state index is -0.274. The summed E-state index contributed by atoms with van der Waals surface area (Å²) in [4.78, 5) is 15.5. The van der Waals surface area contributed by atoms with Crippen LogP contribution >= 0.6 is 0 Å². The van der Waals surface area contributed by atoms with Gasteiger partial charge in [0.15, 0.2) is 0 Å². The number of hydrogen-bond acceptors (Lipinski definition) is 2. The van der Waals surface area contributed by atoms with E-state index in [0.29, 0.717) is 0 Å². The fourth-order valence-corrected chi connectivity index (χ4v) is 1.25. The summed E-state index contributed by atoms with van der Waals surface area (Å²) in [6.45, 7) is 6.40. The number of carbonyl (C=O) groups is 1. The molecule has 0 fully saturated rings. The monoisotopic (exact) mass is 202 g/mol. The van der Waals surface area contributed by atoms with Crippen LogP contribution in [0.5, 0.6) is 0 Å². The van der Waals surface area contributed by atoms with Gasteiger partial charge in [-0.05, 0) is 19.3 Å². The fraction of sp³-hybridized carbons (Fsp3) is 0.900. The second kappa shape index (κ2) is 7.62. The molecule has 0 aliphatic rings. The Morgan fingerprint density at radius 1 is 1.29 bits per heavy atom. The molecule has 1 atom stereocenters. The predicted molar refractivity (Wildman–Crippen MR) is 56.8 cm³/mol. The van der Waals surface area contributed by atoms with Gasteiger partial charge in [0, 0.05) is 6.04 Å². The molecule has 0 aliphatic heterocycles. The van der Waals surface area contributed by atoms with Crippen LogP contribution in [0, 0.1) is 5.92 Å². The first-order valence-corrected chi connectivity index (χ1v) is 5.15. The first kappa shape index (κ1) is 13.2. The molecule has 0 spiro atoms. The SMILES string of the molecule is CONC(=O)NC(C)CCCC(C)C. The minimum Gasteiger partial charge on any atom is -0.334 e. The summed E-state index contributed by atoms with van der Waals surface area (Å²) < 4.78 is 0. The van der Waals surface area contributed by atoms with Gasteiger partial charge in [-0.25, -0.2) is 10.3 Å². The van der Waals surface area contributed by atoms with E-state index in [1.54, 1.807) is 0 Å². The van der Waals surface area contributed by atoms with E-state index in [-0.39, 0.29) is 12.1 Å². The number of hydrogen-bond donors (Lipinski definition) is 2. The molecule has 0 heterocycles. The maximum Gasteiger partial charge on any atom is 0.338 e. The minimum absolute atomic E-state index is 0.198. The van der Waals surface area contributed by atoms with Gasteiger partial charge in [-0.1, -0.05) is 26.7 Å². The Morgan fingerprint density at radius 2 is 1.93 bits per heavy atom. The summed E-state index contributed by atoms with van der Waals surface area (Å²) in [5.74, 6) is 0.731. The molecule has 14 heavy (non-hydrogen) atoms. The van der Waals surface area contributed by atoms with Crippen LogP contribution in [-0.4, -0.2) is 19.2 Å². The molecule has 0 aromatic carbocycles. The molecule has 0 bridgehead atoms. The number of amides is 2. The summed E-state index contributed by atoms with van der Waals surface area (Å²) in [6.07, 6.45) is 3.36. The van der Waals surface area contributed by atoms with Crippen LogP contribution in [0.25, 0.3) is 0 Å². The number of nitrogens with one attached hydrogen (secondary N) is 2. The van der Waals surface area contributed by atoms with Gasteiger partial charge in [0.05, 0.1) is 7.11 Å². The van der Waals surface area contributed by atoms with E-state index in [9.17, 15) is 4.79 Å². The van der Waals surface area contributed by atoms with Crippen LogP contribution in [0.1, 0.15) is 40.0 Å². The molecule has 0 aromatic heterocycles. The van der Waals surface area contributed by atoms with Crippen molar-refractivity contribution in [2.75, 3.05) is 7.11 Å². The van der Waals surface area contributed by atoms with Crippen LogP contribution in [-0.2, 0) is 4.84 Å². The van der Waals surface area contributed by atoms with Crippen molar-refractivity contribution in [2.24, 2.45) is 5.92 Å². The molecule has 4 heteroatoms. The molecule has 1 unspecified atom stereocenters. The van der Waals surface area contributed by atoms with Crippen molar-refractivity contribution in [3.8, 4) is 0 Å². The largest absolute Gasteiger partial charge is 0.338 e. The van der Waals surface area contributed by atoms with Gasteiger partial charge < -0.3 is 5.32 Å². The molecule has 4 nitrogen and oxygen atoms in total. The zero-order chi connectivity index (χ0) is 11.0. The topological polar surface area (TPSA) is 50.4 Å². The summed E-state index contributed by atoms with van der Waals surface area (Å²) in [5.41, 5.74) is 2.23. The highest BCUT2D eigenvalue weighted by Crippen LogP contribution is 2.07. The normalized spacial score (nSPS) is 12.6. The lowest BCUT2D eigenvalue weighted by molar-refractivity contribution is 0.106. The molecular weight excluding hydrogens is 180 g/mol. The highest BCUT2D eigenvalue weighted by atomic mass is 16.6. The van der Waals surface area contributed by atoms with Crippen molar-refractivity contribution in [1.82, 2.24) is 10.8 Å². The van der Waals surface area contributed by atoms with E-state index < -0.39 is 0 Å². The maximum atomic E-state index is 11.0. The van der Waals surface area contributed by atoms with Crippen molar-refractivity contribution in [3.05, 3.63) is 0 Å². The Bertz CT molecular complexity index is 160. The number of carbonyl (C=O) groups excluding carboxylic acids is 1. The smallest absolute Gasteiger partial charge is 0.334 e. The van der Waals surface area contributed by atoms with Gasteiger partial charge in [-0.2, -0.15) is 0 Å². The van der Waals surface area contributed by atoms with E-state index in [1.807, 2.05) is 6.92 Å². The molecule has 0 radical (unpaired) electrons. The molecule has 0 rings (SSSR count). The van der Waals surface area contributed by atoms with Gasteiger partial charge in [0.25, 0.3) is 0 Å². The van der Waals surface area contributed by atoms with Crippen LogP contribution in [0.3, 0.4) is 0 Å². The molecule has 2 N–H and O–H groups in total. The van der Waals surface area contributed by atoms with E-state index >= 15 is 0 Å². The van der Waals surface area contributed by atoms with Crippen LogP contribution in [0.15, 0.2) is 0 Å². The standard InChI is InChI=1S/C10H22N2O2/c1-8(2)6-5-7-9(3)11-10(13)12-14-4/h8-9H,5-7H2,1-4H3,(H2,11,12,13). The number of urea groups is 1. The molecular formula is C10H22N2O2. The summed E-state index contributed by atoms with van der Waals surface area (Å²) >= 11 is 0. The van der Waals surface area contributed by atoms with E-state index in [2.05, 4.69) is 29.5 Å². The van der Waals surface area contributed by atoms with Crippen molar-refractivity contribution < 1.29 is 9.63 Å². The Hall–Kier alpha value is -0.770. The van der Waals surface area contributed by atoms with E-state index in [1.165, 1.54) is 13.5 Å². The van der Waals surface area contributed by atoms with E-state index in [4.69, 9.17) is 0 Å². The zero-order valence-corrected chi connectivity index (χ0v) is 9.59. The lowest BCUT2D eigenvalue weighted by Gasteiger charge is -2.14. The van der Waals surface area contributed by atoms with Gasteiger partial charge in [0.1, 0.15) is 0 Å². The Labute approximate surface area is 86.4 Å². The van der Waals surface area contributed by atoms with Crippen molar-refractivity contribution in [2.45, 2.75) is 46.1 Å². The van der Waals surface area contributed by atoms with Gasteiger partial charge >= 0.3 is 6.03 Å². The highest BCUT2D eigenvalue weighted by Gasteiger charge is 2.06. The second-order valence-corrected chi connectivity index (χ2v) is 4.01. The lowest BCUT2D eigenvalue weighted by atomic mass is 10.0. The van der Waals surface area contributed by atoms with Crippen molar-refractivity contribution >= 4 is 6.03 Å². The van der Waals surface area contributed by atoms with Crippen molar-refractivity contribution in [3.63, 3.8) is 0 Å². The number of hydroxylamine groups is 1. The highest BCUT2D eigenvalue weighted by molar-refractivity contribution is 5.72. The average Bonchev–Trinajstić information content (AvgIpc) is 2.03. The third-order valence-corrected chi connectivity index (χ3v) is 1.99. The summed E-state index contributed by atoms with van der Waals surface area (Å²) in [5, 5.41) is 2.78. The zero-order valence-electron chi connectivity index (χ0n) is 9.59. The average molecular weight is 202 g/mol. The van der Waals surface area contributed by atoms with Crippen LogP contribution in [0.4, 0.5) is 4.79 Å². The maximum absolute atomic E-state index is 11.0. The second-order valence-electron chi connectivity index (χ2n) is 4.01. The van der Waals surface area contributed by atoms with Crippen LogP contribution in [0.2, 0.25) is 0 Å². The lowest BCUT2D eigenvalue weighted by Crippen LogP contribution is -2.40.